The number of hydrogen-bond acceptors (Lipinski definition) is 1. The molecule has 1 rings (SSSR count). The van der Waals surface area contributed by atoms with Crippen LogP contribution in [0.3, 0.4) is 0 Å². The normalized spacial score (nSPS) is 11.1. The molecule has 0 atom stereocenters. The molecule has 66 valence electrons. The largest absolute Gasteiger partial charge is 0.193 e. The van der Waals surface area contributed by atoms with Crippen molar-refractivity contribution in [2.24, 2.45) is 0 Å². The van der Waals surface area contributed by atoms with E-state index in [1.165, 1.54) is 6.08 Å². The molecule has 0 unspecified atom stereocenters. The highest BCUT2D eigenvalue weighted by molar-refractivity contribution is 6.49. The van der Waals surface area contributed by atoms with E-state index in [0.29, 0.717) is 5.03 Å². The zero-order chi connectivity index (χ0) is 9.84. The van der Waals surface area contributed by atoms with E-state index in [1.54, 1.807) is 0 Å². The molecule has 0 fully saturated rings. The van der Waals surface area contributed by atoms with Crippen molar-refractivity contribution in [2.45, 2.75) is 13.8 Å². The average Bonchev–Trinajstić information content (AvgIpc) is 2.03. The van der Waals surface area contributed by atoms with Gasteiger partial charge >= 0.3 is 0 Å². The van der Waals surface area contributed by atoms with Gasteiger partial charge in [0, 0.05) is 6.08 Å². The molecule has 0 saturated carbocycles. The van der Waals surface area contributed by atoms with Crippen LogP contribution in [-0.2, 0) is 0 Å². The Morgan fingerprint density at radius 2 is 1.85 bits per heavy atom. The summed E-state index contributed by atoms with van der Waals surface area (Å²) in [4.78, 5) is 0. The molecule has 1 aromatic rings. The fourth-order valence-corrected chi connectivity index (χ4v) is 1.41. The van der Waals surface area contributed by atoms with Crippen LogP contribution in [0.2, 0.25) is 0 Å². The summed E-state index contributed by atoms with van der Waals surface area (Å²) in [6, 6.07) is 7.90. The van der Waals surface area contributed by atoms with Gasteiger partial charge in [-0.05, 0) is 19.4 Å². The minimum Gasteiger partial charge on any atom is -0.193 e. The first-order valence-electron chi connectivity index (χ1n) is 3.97. The van der Waals surface area contributed by atoms with Gasteiger partial charge in [-0.3, -0.25) is 0 Å². The van der Waals surface area contributed by atoms with Crippen LogP contribution in [0, 0.1) is 25.2 Å². The van der Waals surface area contributed by atoms with Gasteiger partial charge in [-0.2, -0.15) is 5.26 Å². The van der Waals surface area contributed by atoms with Crippen molar-refractivity contribution in [3.8, 4) is 6.07 Å². The third-order valence-corrected chi connectivity index (χ3v) is 2.02. The first-order chi connectivity index (χ1) is 6.13. The summed E-state index contributed by atoms with van der Waals surface area (Å²) in [7, 11) is 0. The third-order valence-electron chi connectivity index (χ3n) is 1.69. The average molecular weight is 192 g/mol. The van der Waals surface area contributed by atoms with Gasteiger partial charge in [0.2, 0.25) is 0 Å². The zero-order valence-corrected chi connectivity index (χ0v) is 8.39. The number of allylic oxidation sites excluding steroid dienone is 1. The van der Waals surface area contributed by atoms with Gasteiger partial charge in [-0.25, -0.2) is 0 Å². The lowest BCUT2D eigenvalue weighted by molar-refractivity contribution is 1.37. The summed E-state index contributed by atoms with van der Waals surface area (Å²) in [6.45, 7) is 4.01. The van der Waals surface area contributed by atoms with E-state index in [1.807, 2.05) is 32.0 Å². The molecule has 0 aliphatic rings. The highest BCUT2D eigenvalue weighted by atomic mass is 35.5. The van der Waals surface area contributed by atoms with Crippen molar-refractivity contribution in [1.82, 2.24) is 0 Å². The lowest BCUT2D eigenvalue weighted by atomic mass is 10.1. The Morgan fingerprint density at radius 1 is 1.31 bits per heavy atom. The standard InChI is InChI=1S/C11H10ClN/c1-8-5-9(2)7-10(6-8)11(12)3-4-13/h3,5-7H,1-2H3/b11-3-. The predicted molar refractivity (Wildman–Crippen MR) is 55.4 cm³/mol. The summed E-state index contributed by atoms with van der Waals surface area (Å²) in [5.74, 6) is 0. The Hall–Kier alpha value is -1.26. The van der Waals surface area contributed by atoms with Crippen molar-refractivity contribution < 1.29 is 0 Å². The molecule has 0 N–H and O–H groups in total. The van der Waals surface area contributed by atoms with Crippen molar-refractivity contribution in [1.29, 1.82) is 5.26 Å². The van der Waals surface area contributed by atoms with Crippen molar-refractivity contribution >= 4 is 16.6 Å². The maximum absolute atomic E-state index is 8.43. The van der Waals surface area contributed by atoms with Gasteiger partial charge in [0.25, 0.3) is 0 Å². The lowest BCUT2D eigenvalue weighted by Gasteiger charge is -2.02. The molecule has 0 spiro atoms. The summed E-state index contributed by atoms with van der Waals surface area (Å²) in [6.07, 6.45) is 1.34. The SMILES string of the molecule is Cc1cc(C)cc(/C(Cl)=C/C#N)c1. The summed E-state index contributed by atoms with van der Waals surface area (Å²) >= 11 is 5.89. The van der Waals surface area contributed by atoms with Crippen LogP contribution in [0.25, 0.3) is 5.03 Å². The second kappa shape index (κ2) is 4.11. The molecule has 1 nitrogen and oxygen atoms in total. The number of halogens is 1. The topological polar surface area (TPSA) is 23.8 Å². The van der Waals surface area contributed by atoms with Gasteiger partial charge in [0.15, 0.2) is 0 Å². The molecule has 0 amide bonds. The van der Waals surface area contributed by atoms with Crippen LogP contribution in [-0.4, -0.2) is 0 Å². The van der Waals surface area contributed by atoms with E-state index in [0.717, 1.165) is 16.7 Å². The number of aryl methyl sites for hydroxylation is 2. The Bertz CT molecular complexity index is 365. The van der Waals surface area contributed by atoms with E-state index in [-0.39, 0.29) is 0 Å². The molecule has 1 aromatic carbocycles. The van der Waals surface area contributed by atoms with Crippen LogP contribution in [0.4, 0.5) is 0 Å². The first kappa shape index (κ1) is 9.83. The van der Waals surface area contributed by atoms with Gasteiger partial charge in [0.05, 0.1) is 11.1 Å². The summed E-state index contributed by atoms with van der Waals surface area (Å²) in [5.41, 5.74) is 3.21. The number of hydrogen-bond donors (Lipinski definition) is 0. The molecule has 0 aliphatic carbocycles. The molecule has 0 aromatic heterocycles. The highest BCUT2D eigenvalue weighted by Crippen LogP contribution is 2.20. The van der Waals surface area contributed by atoms with Gasteiger partial charge < -0.3 is 0 Å². The quantitative estimate of drug-likeness (QED) is 0.625. The van der Waals surface area contributed by atoms with E-state index in [4.69, 9.17) is 16.9 Å². The molecule has 0 saturated heterocycles. The van der Waals surface area contributed by atoms with Gasteiger partial charge in [-0.1, -0.05) is 40.9 Å². The van der Waals surface area contributed by atoms with Crippen LogP contribution in [0.1, 0.15) is 16.7 Å². The van der Waals surface area contributed by atoms with E-state index >= 15 is 0 Å². The molecular weight excluding hydrogens is 182 g/mol. The number of nitriles is 1. The third kappa shape index (κ3) is 2.61. The molecule has 0 heterocycles. The van der Waals surface area contributed by atoms with Crippen LogP contribution in [0.15, 0.2) is 24.3 Å². The smallest absolute Gasteiger partial charge is 0.0927 e. The van der Waals surface area contributed by atoms with E-state index in [2.05, 4.69) is 6.07 Å². The Morgan fingerprint density at radius 3 is 2.31 bits per heavy atom. The van der Waals surface area contributed by atoms with Crippen molar-refractivity contribution in [2.75, 3.05) is 0 Å². The number of rotatable bonds is 1. The monoisotopic (exact) mass is 191 g/mol. The second-order valence-corrected chi connectivity index (χ2v) is 3.40. The van der Waals surface area contributed by atoms with Crippen molar-refractivity contribution in [3.63, 3.8) is 0 Å². The zero-order valence-electron chi connectivity index (χ0n) is 7.63. The van der Waals surface area contributed by atoms with Crippen LogP contribution in [0.5, 0.6) is 0 Å². The van der Waals surface area contributed by atoms with Gasteiger partial charge in [-0.15, -0.1) is 0 Å². The van der Waals surface area contributed by atoms with Gasteiger partial charge in [0.1, 0.15) is 0 Å². The number of benzene rings is 1. The summed E-state index contributed by atoms with van der Waals surface area (Å²) < 4.78 is 0. The first-order valence-corrected chi connectivity index (χ1v) is 4.35. The lowest BCUT2D eigenvalue weighted by Crippen LogP contribution is -1.82. The number of nitrogens with zero attached hydrogens (tertiary/aromatic N) is 1. The minimum atomic E-state index is 0.495. The molecule has 13 heavy (non-hydrogen) atoms. The Balaban J connectivity index is 3.17. The molecular formula is C11H10ClN. The van der Waals surface area contributed by atoms with E-state index < -0.39 is 0 Å². The molecule has 0 aliphatic heterocycles. The minimum absolute atomic E-state index is 0.495. The second-order valence-electron chi connectivity index (χ2n) is 3.00. The Kier molecular flexibility index (Phi) is 3.11. The predicted octanol–water partition coefficient (Wildman–Crippen LogP) is 3.41. The highest BCUT2D eigenvalue weighted by Gasteiger charge is 1.99. The fraction of sp³-hybridized carbons (Fsp3) is 0.182. The maximum Gasteiger partial charge on any atom is 0.0927 e. The summed E-state index contributed by atoms with van der Waals surface area (Å²) in [5, 5.41) is 8.92. The molecule has 0 bridgehead atoms. The molecule has 0 radical (unpaired) electrons. The van der Waals surface area contributed by atoms with Crippen molar-refractivity contribution in [3.05, 3.63) is 41.0 Å². The Labute approximate surface area is 83.3 Å². The maximum atomic E-state index is 8.43. The van der Waals surface area contributed by atoms with Crippen LogP contribution >= 0.6 is 11.6 Å². The molecule has 2 heteroatoms. The van der Waals surface area contributed by atoms with E-state index in [9.17, 15) is 0 Å². The van der Waals surface area contributed by atoms with Crippen LogP contribution < -0.4 is 0 Å². The fourth-order valence-electron chi connectivity index (χ4n) is 1.25.